The number of cyclic esters (lactones) is 2. The second-order valence-electron chi connectivity index (χ2n) is 39.7. The Morgan fingerprint density at radius 2 is 0.951 bits per heavy atom. The lowest BCUT2D eigenvalue weighted by molar-refractivity contribution is -0.172. The summed E-state index contributed by atoms with van der Waals surface area (Å²) in [5, 5.41) is 86.2. The molecule has 144 heavy (non-hydrogen) atoms. The molecule has 0 aliphatic carbocycles. The van der Waals surface area contributed by atoms with Gasteiger partial charge in [-0.1, -0.05) is 82.1 Å². The first-order valence-electron chi connectivity index (χ1n) is 50.0. The maximum atomic E-state index is 15.5. The zero-order valence-corrected chi connectivity index (χ0v) is 84.0. The van der Waals surface area contributed by atoms with Crippen LogP contribution in [-0.2, 0) is 136 Å². The Hall–Kier alpha value is -11.8. The number of nitrogens with one attached hydrogen (secondary N) is 5. The first-order chi connectivity index (χ1) is 68.3. The maximum absolute atomic E-state index is 15.5. The van der Waals surface area contributed by atoms with Crippen LogP contribution in [0.2, 0.25) is 0 Å². The lowest BCUT2D eigenvalue weighted by Crippen LogP contribution is -2.49. The van der Waals surface area contributed by atoms with E-state index in [0.717, 1.165) is 33.0 Å². The van der Waals surface area contributed by atoms with E-state index >= 15 is 8.78 Å². The number of Topliss-reactive ketones (excluding diaryl/α,β-unsaturated/α-hetero) is 3. The molecular weight excluding hydrogens is 1870 g/mol. The van der Waals surface area contributed by atoms with Gasteiger partial charge in [0.05, 0.1) is 82.8 Å². The number of pyridine rings is 4. The molecule has 4 aromatic heterocycles. The van der Waals surface area contributed by atoms with E-state index < -0.39 is 137 Å². The predicted molar refractivity (Wildman–Crippen MR) is 518 cm³/mol. The molecule has 38 nitrogen and oxygen atoms in total. The van der Waals surface area contributed by atoms with Crippen molar-refractivity contribution in [3.63, 3.8) is 0 Å². The van der Waals surface area contributed by atoms with Crippen molar-refractivity contribution >= 4 is 104 Å². The number of unbranched alkanes of at least 4 members (excludes halogenated alkanes) is 6. The minimum atomic E-state index is -1.99. The second-order valence-corrected chi connectivity index (χ2v) is 39.7. The van der Waals surface area contributed by atoms with Crippen LogP contribution in [0.1, 0.15) is 260 Å². The number of fused-ring (bicyclic) bond motifs is 10. The molecule has 6 aliphatic rings. The van der Waals surface area contributed by atoms with Crippen LogP contribution in [-0.4, -0.2) is 237 Å². The topological polar surface area (TPSA) is 554 Å². The summed E-state index contributed by atoms with van der Waals surface area (Å²) in [5.74, 6) is -10.7. The Bertz CT molecular complexity index is 6000. The number of esters is 2. The number of likely N-dealkylation sites (tertiary alicyclic amines) is 2. The van der Waals surface area contributed by atoms with E-state index in [0.29, 0.717) is 135 Å². The van der Waals surface area contributed by atoms with Gasteiger partial charge in [-0.25, -0.2) is 28.3 Å². The first kappa shape index (κ1) is 113. The van der Waals surface area contributed by atoms with Gasteiger partial charge in [-0.2, -0.15) is 0 Å². The zero-order valence-electron chi connectivity index (χ0n) is 84.0. The second kappa shape index (κ2) is 49.9. The average molecular weight is 2010 g/mol. The molecule has 13 atom stereocenters. The van der Waals surface area contributed by atoms with Crippen LogP contribution in [0.15, 0.2) is 46.0 Å². The summed E-state index contributed by atoms with van der Waals surface area (Å²) in [6.45, 7) is 19.7. The summed E-state index contributed by atoms with van der Waals surface area (Å²) in [6, 6.07) is 7.96. The number of carbonyl (C=O) groups is 14. The number of aliphatic hydroxyl groups excluding tert-OH is 5. The molecule has 2 fully saturated rings. The van der Waals surface area contributed by atoms with Gasteiger partial charge in [0.25, 0.3) is 11.1 Å². The number of hydrogen-bond donors (Lipinski definition) is 12. The Labute approximate surface area is 832 Å². The summed E-state index contributed by atoms with van der Waals surface area (Å²) >= 11 is 0. The highest BCUT2D eigenvalue weighted by Crippen LogP contribution is 2.43. The smallest absolute Gasteiger partial charge is 0.343 e. The third kappa shape index (κ3) is 26.2. The molecule has 10 heterocycles. The highest BCUT2D eigenvalue weighted by molar-refractivity contribution is 6.04. The molecule has 0 saturated carbocycles. The molecule has 2 aromatic carbocycles. The predicted octanol–water partition coefficient (Wildman–Crippen LogP) is 6.17. The van der Waals surface area contributed by atoms with Crippen LogP contribution in [0, 0.1) is 66.9 Å². The fraction of sp³-hybridized carbons (Fsp3) is 0.596. The SMILES string of the molecule is CC[C@@]1(O)C(=O)OCc2c1cc1n(c2=O)Cc2cc3c(CCCCOCNC(=O)[C@H](C)CC(=O)[C@@H](NC(=O)CCCCCN4C(=O)CC(C)C4=O)C(C)C)c(C)c(F)cc3nc2-1.CC[C@@]1(O)C(=O)OCc2c1cc1n(c2=O)Cc2cc3c(CCCCOCNC(=O)[C@H](C)CC(=O)[C@@H](NC(=O)[C@H](CCC(=O)NC[C@H](O)[C@@H](O)[C@H](O)[C@H](O)CO)CC(=O)CCCCCN4C(=O)CC(C)C4=O)C(C)C)c(C)c(F)cc3nc2-1. The van der Waals surface area contributed by atoms with Crippen LogP contribution >= 0.6 is 0 Å². The maximum Gasteiger partial charge on any atom is 0.343 e. The van der Waals surface area contributed by atoms with Gasteiger partial charge in [0.2, 0.25) is 53.2 Å². The van der Waals surface area contributed by atoms with Crippen molar-refractivity contribution in [3.05, 3.63) is 124 Å². The molecule has 12 rings (SSSR count). The van der Waals surface area contributed by atoms with Crippen LogP contribution in [0.5, 0.6) is 0 Å². The van der Waals surface area contributed by atoms with Gasteiger partial charge in [-0.05, 0) is 156 Å². The number of aryl methyl sites for hydroxylation is 2. The number of aliphatic hydroxyl groups is 7. The van der Waals surface area contributed by atoms with E-state index in [1.165, 1.54) is 26.5 Å². The number of hydrogen-bond acceptors (Lipinski definition) is 29. The Kier molecular flexibility index (Phi) is 39.0. The third-order valence-electron chi connectivity index (χ3n) is 28.4. The van der Waals surface area contributed by atoms with Crippen LogP contribution in [0.3, 0.4) is 0 Å². The number of aromatic nitrogens is 4. The monoisotopic (exact) mass is 2010 g/mol. The van der Waals surface area contributed by atoms with Crippen molar-refractivity contribution < 1.29 is 131 Å². The van der Waals surface area contributed by atoms with E-state index in [9.17, 15) is 107 Å². The first-order valence-corrected chi connectivity index (χ1v) is 50.0. The molecule has 0 spiro atoms. The minimum absolute atomic E-state index is 0.00566. The molecule has 9 amide bonds. The van der Waals surface area contributed by atoms with Gasteiger partial charge in [-0.3, -0.25) is 76.9 Å². The summed E-state index contributed by atoms with van der Waals surface area (Å²) in [7, 11) is 0. The Morgan fingerprint density at radius 1 is 0.521 bits per heavy atom. The van der Waals surface area contributed by atoms with E-state index in [1.807, 2.05) is 26.0 Å². The number of benzene rings is 2. The minimum Gasteiger partial charge on any atom is -0.458 e. The highest BCUT2D eigenvalue weighted by atomic mass is 19.1. The number of ketones is 3. The van der Waals surface area contributed by atoms with Crippen LogP contribution in [0.25, 0.3) is 44.6 Å². The number of amides is 9. The molecule has 784 valence electrons. The van der Waals surface area contributed by atoms with Gasteiger partial charge < -0.3 is 90.4 Å². The fourth-order valence-electron chi connectivity index (χ4n) is 19.4. The van der Waals surface area contributed by atoms with Gasteiger partial charge in [0, 0.05) is 159 Å². The molecule has 2 unspecified atom stereocenters. The van der Waals surface area contributed by atoms with Crippen molar-refractivity contribution in [2.75, 3.05) is 52.9 Å². The van der Waals surface area contributed by atoms with Gasteiger partial charge >= 0.3 is 11.9 Å². The number of ether oxygens (including phenoxy) is 4. The number of nitrogens with zero attached hydrogens (tertiary/aromatic N) is 6. The van der Waals surface area contributed by atoms with Gasteiger partial charge in [0.1, 0.15) is 62.4 Å². The fourth-order valence-corrected chi connectivity index (χ4v) is 19.4. The van der Waals surface area contributed by atoms with Crippen molar-refractivity contribution in [1.82, 2.24) is 55.5 Å². The number of rotatable bonds is 52. The molecule has 0 radical (unpaired) electrons. The van der Waals surface area contributed by atoms with Crippen molar-refractivity contribution in [1.29, 1.82) is 0 Å². The molecule has 2 saturated heterocycles. The molecule has 0 bridgehead atoms. The molecule has 6 aliphatic heterocycles. The number of carbonyl (C=O) groups excluding carboxylic acids is 14. The number of imide groups is 2. The highest BCUT2D eigenvalue weighted by Gasteiger charge is 2.48. The normalized spacial score (nSPS) is 19.1. The largest absolute Gasteiger partial charge is 0.458 e. The van der Waals surface area contributed by atoms with E-state index in [4.69, 9.17) is 34.0 Å². The van der Waals surface area contributed by atoms with Gasteiger partial charge in [-0.15, -0.1) is 0 Å². The molecule has 40 heteroatoms. The lowest BCUT2D eigenvalue weighted by Gasteiger charge is -2.31. The zero-order chi connectivity index (χ0) is 105. The van der Waals surface area contributed by atoms with E-state index in [1.54, 1.807) is 85.9 Å². The van der Waals surface area contributed by atoms with Crippen LogP contribution in [0.4, 0.5) is 8.78 Å². The summed E-state index contributed by atoms with van der Waals surface area (Å²) in [4.78, 5) is 219. The van der Waals surface area contributed by atoms with Crippen molar-refractivity contribution in [3.8, 4) is 22.8 Å². The Balaban J connectivity index is 0.000000285. The molecular formula is C104H137F2N11O27. The van der Waals surface area contributed by atoms with Gasteiger partial charge in [0.15, 0.2) is 22.8 Å². The third-order valence-corrected chi connectivity index (χ3v) is 28.4. The summed E-state index contributed by atoms with van der Waals surface area (Å²) < 4.78 is 55.5. The molecule has 6 aromatic rings. The Morgan fingerprint density at radius 3 is 1.37 bits per heavy atom. The summed E-state index contributed by atoms with van der Waals surface area (Å²) in [6.07, 6.45) is -1.31. The van der Waals surface area contributed by atoms with E-state index in [2.05, 4.69) is 26.6 Å². The number of halogens is 2. The average Bonchev–Trinajstić information content (AvgIpc) is 1.59. The summed E-state index contributed by atoms with van der Waals surface area (Å²) in [5.41, 5.74) is 2.69. The van der Waals surface area contributed by atoms with Crippen molar-refractivity contribution in [2.24, 2.45) is 41.4 Å². The van der Waals surface area contributed by atoms with E-state index in [-0.39, 0.29) is 216 Å². The molecule has 12 N–H and O–H groups in total. The van der Waals surface area contributed by atoms with Crippen LogP contribution < -0.4 is 37.7 Å². The standard InChI is InChI=1S/C58H79FN6O17.C46H58FN5O10/c1-7-58(80)40-23-43-50-35(26-65(43)56(78)39(40)28-82-57(58)79)22-38-37(33(6)41(59)24-42(38)62-50)14-10-12-18-81-29-61-53(75)31(4)19-44(68)49(30(2)3)63-54(76)34(15-16-47(71)60-25-45(69)51(73)52(74)46(70)27-66)21-36(67)13-9-8-11-17-64-48(72)20-32(5)55(64)77;1-7-46(60)33-20-36-41-29(22-52(36)44(58)32(33)23-62-45(46)59)19-31-30(28(6)34(47)21-35(31)49-41)13-10-12-16-61-24-48-42(56)26(4)17-37(53)40(25(2)3)50-38(54)14-9-8-11-15-51-39(55)18-27(5)43(51)57/h22-24,30-32,34,45-46,49,51-52,66,69-70,73-74,80H,7-21,25-29H2,1-6H3,(H,60,71)(H,61,75)(H,63,76);19-21,25-27,40,60H,7-18,22-24H2,1-6H3,(H,48,56)(H,50,54)/t31-,32?,34-,45+,46-,49+,51-,52-,58+;26-,27?,40+,46+/m11/s1. The lowest BCUT2D eigenvalue weighted by atomic mass is 9.86. The van der Waals surface area contributed by atoms with Crippen molar-refractivity contribution in [2.45, 2.75) is 305 Å². The quantitative estimate of drug-likeness (QED) is 0.00877.